The molecule has 0 unspecified atom stereocenters. The van der Waals surface area contributed by atoms with E-state index in [2.05, 4.69) is 24.6 Å². The molecule has 1 aromatic heterocycles. The summed E-state index contributed by atoms with van der Waals surface area (Å²) in [7, 11) is -4.95. The number of aliphatic imine (C=N–C) groups is 1. The van der Waals surface area contributed by atoms with Gasteiger partial charge in [-0.1, -0.05) is 11.2 Å². The van der Waals surface area contributed by atoms with Crippen LogP contribution in [0.4, 0.5) is 5.13 Å². The standard InChI is InChI=1S/C28H39N9O8S2/c1-28(2)23(25(39)37(28)45-47(40,41)42)34-24(38)22(21-15-46-27(31)33-21)35-44-12-11-43-20-8-3-17-14-36(10-9-16(17)13-20)26(30)32-19-6-4-18(29)5-7-19/h3,8,13,15,18-19,23H,4-7,9-12,14,29H2,1-2H3,(H2,30,32)(H2,31,33)(H,34,38)(H,40,41,42)/b35-22-/t18?,19?,23-/m1/s1. The van der Waals surface area contributed by atoms with Crippen molar-refractivity contribution in [2.75, 3.05) is 25.5 Å². The SMILES string of the molecule is CC1(C)[C@H](NC(=O)/C(=N\OCCOc2ccc3c(c2)CCN(C(N)=NC2CCC(N)CC2)C3)c2csc(N)n2)C(=O)N1OS(=O)(=O)O. The van der Waals surface area contributed by atoms with Gasteiger partial charge in [0.15, 0.2) is 23.4 Å². The maximum absolute atomic E-state index is 13.1. The Morgan fingerprint density at radius 3 is 2.62 bits per heavy atom. The largest absolute Gasteiger partial charge is 0.490 e. The number of fused-ring (bicyclic) bond motifs is 1. The van der Waals surface area contributed by atoms with E-state index in [-0.39, 0.29) is 41.8 Å². The Kier molecular flexibility index (Phi) is 10.2. The quantitative estimate of drug-likeness (QED) is 0.0531. The summed E-state index contributed by atoms with van der Waals surface area (Å²) < 4.78 is 41.3. The Labute approximate surface area is 276 Å². The van der Waals surface area contributed by atoms with Crippen LogP contribution in [0.5, 0.6) is 5.75 Å². The van der Waals surface area contributed by atoms with Crippen LogP contribution in [-0.2, 0) is 42.1 Å². The van der Waals surface area contributed by atoms with E-state index < -0.39 is 33.8 Å². The molecule has 17 nitrogen and oxygen atoms in total. The van der Waals surface area contributed by atoms with Crippen molar-refractivity contribution in [1.29, 1.82) is 0 Å². The third-order valence-electron chi connectivity index (χ3n) is 8.27. The molecule has 2 fully saturated rings. The molecular weight excluding hydrogens is 654 g/mol. The summed E-state index contributed by atoms with van der Waals surface area (Å²) in [5.41, 5.74) is 18.9. The van der Waals surface area contributed by atoms with Crippen LogP contribution in [0.3, 0.4) is 0 Å². The minimum Gasteiger partial charge on any atom is -0.490 e. The number of nitrogens with zero attached hydrogens (tertiary/aromatic N) is 5. The van der Waals surface area contributed by atoms with E-state index in [9.17, 15) is 18.0 Å². The van der Waals surface area contributed by atoms with Crippen LogP contribution in [0.2, 0.25) is 0 Å². The molecule has 256 valence electrons. The van der Waals surface area contributed by atoms with Crippen LogP contribution in [-0.4, -0.2) is 94.8 Å². The zero-order chi connectivity index (χ0) is 33.9. The molecule has 5 rings (SSSR count). The predicted molar refractivity (Wildman–Crippen MR) is 172 cm³/mol. The Balaban J connectivity index is 1.14. The molecule has 0 bridgehead atoms. The Hall–Kier alpha value is -4.04. The number of thiazole rings is 1. The van der Waals surface area contributed by atoms with Gasteiger partial charge in [0.2, 0.25) is 0 Å². The lowest BCUT2D eigenvalue weighted by Crippen LogP contribution is -2.76. The Morgan fingerprint density at radius 2 is 1.96 bits per heavy atom. The van der Waals surface area contributed by atoms with Gasteiger partial charge in [-0.2, -0.15) is 13.5 Å². The maximum atomic E-state index is 13.1. The van der Waals surface area contributed by atoms with Gasteiger partial charge >= 0.3 is 10.4 Å². The van der Waals surface area contributed by atoms with Gasteiger partial charge in [-0.15, -0.1) is 15.6 Å². The number of hydrogen-bond acceptors (Lipinski definition) is 13. The number of β-lactam (4-membered cyclic amide) rings is 1. The number of carbonyl (C=O) groups is 2. The lowest BCUT2D eigenvalue weighted by atomic mass is 9.84. The van der Waals surface area contributed by atoms with Gasteiger partial charge in [0.05, 0.1) is 11.6 Å². The zero-order valence-corrected chi connectivity index (χ0v) is 27.6. The van der Waals surface area contributed by atoms with Gasteiger partial charge in [-0.05, 0) is 69.2 Å². The van der Waals surface area contributed by atoms with E-state index in [4.69, 9.17) is 36.3 Å². The summed E-state index contributed by atoms with van der Waals surface area (Å²) in [6, 6.07) is 5.14. The van der Waals surface area contributed by atoms with Crippen molar-refractivity contribution >= 4 is 50.4 Å². The minimum absolute atomic E-state index is 0.0237. The van der Waals surface area contributed by atoms with Crippen LogP contribution in [0.25, 0.3) is 0 Å². The summed E-state index contributed by atoms with van der Waals surface area (Å²) >= 11 is 1.07. The van der Waals surface area contributed by atoms with Crippen molar-refractivity contribution in [2.24, 2.45) is 21.6 Å². The second-order valence-electron chi connectivity index (χ2n) is 12.0. The van der Waals surface area contributed by atoms with E-state index in [0.717, 1.165) is 61.1 Å². The first-order valence-corrected chi connectivity index (χ1v) is 17.3. The van der Waals surface area contributed by atoms with Crippen molar-refractivity contribution in [2.45, 2.75) is 76.2 Å². The van der Waals surface area contributed by atoms with E-state index in [1.54, 1.807) is 0 Å². The van der Waals surface area contributed by atoms with Crippen molar-refractivity contribution in [3.8, 4) is 5.75 Å². The number of aromatic nitrogens is 1. The van der Waals surface area contributed by atoms with Gasteiger partial charge in [0.25, 0.3) is 11.8 Å². The molecule has 47 heavy (non-hydrogen) atoms. The van der Waals surface area contributed by atoms with Gasteiger partial charge in [0, 0.05) is 24.5 Å². The molecule has 1 saturated heterocycles. The topological polar surface area (TPSA) is 250 Å². The van der Waals surface area contributed by atoms with E-state index in [1.807, 2.05) is 18.2 Å². The van der Waals surface area contributed by atoms with Gasteiger partial charge < -0.3 is 37.0 Å². The fourth-order valence-electron chi connectivity index (χ4n) is 5.64. The monoisotopic (exact) mass is 693 g/mol. The van der Waals surface area contributed by atoms with Crippen molar-refractivity contribution in [3.63, 3.8) is 0 Å². The predicted octanol–water partition coefficient (Wildman–Crippen LogP) is 0.308. The second-order valence-corrected chi connectivity index (χ2v) is 13.9. The van der Waals surface area contributed by atoms with Crippen molar-refractivity contribution in [1.82, 2.24) is 20.3 Å². The van der Waals surface area contributed by atoms with Crippen LogP contribution in [0, 0.1) is 0 Å². The normalized spacial score (nSPS) is 23.1. The first-order chi connectivity index (χ1) is 22.2. The first kappa shape index (κ1) is 34.3. The van der Waals surface area contributed by atoms with E-state index in [0.29, 0.717) is 23.3 Å². The molecule has 2 amide bonds. The van der Waals surface area contributed by atoms with Gasteiger partial charge in [-0.25, -0.2) is 9.98 Å². The van der Waals surface area contributed by atoms with Gasteiger partial charge in [-0.3, -0.25) is 14.1 Å². The zero-order valence-electron chi connectivity index (χ0n) is 26.0. The van der Waals surface area contributed by atoms with Crippen molar-refractivity contribution < 1.29 is 36.4 Å². The highest BCUT2D eigenvalue weighted by molar-refractivity contribution is 7.80. The number of nitrogens with two attached hydrogens (primary N) is 3. The number of rotatable bonds is 11. The number of hydroxylamine groups is 2. The average molecular weight is 694 g/mol. The summed E-state index contributed by atoms with van der Waals surface area (Å²) in [6.45, 7) is 4.37. The summed E-state index contributed by atoms with van der Waals surface area (Å²) in [5.74, 6) is -0.505. The lowest BCUT2D eigenvalue weighted by molar-refractivity contribution is -0.218. The third-order valence-corrected chi connectivity index (χ3v) is 9.28. The number of hydrogen-bond donors (Lipinski definition) is 5. The number of benzene rings is 1. The number of nitrogens with one attached hydrogen (secondary N) is 1. The molecule has 19 heteroatoms. The molecule has 2 aliphatic heterocycles. The van der Waals surface area contributed by atoms with Crippen LogP contribution >= 0.6 is 11.3 Å². The number of nitrogen functional groups attached to an aromatic ring is 1. The highest BCUT2D eigenvalue weighted by atomic mass is 32.3. The Bertz CT molecular complexity index is 1650. The van der Waals surface area contributed by atoms with Crippen LogP contribution in [0.1, 0.15) is 56.4 Å². The highest BCUT2D eigenvalue weighted by Crippen LogP contribution is 2.33. The highest BCUT2D eigenvalue weighted by Gasteiger charge is 2.58. The second kappa shape index (κ2) is 14.0. The number of guanidine groups is 1. The molecule has 2 aromatic rings. The first-order valence-electron chi connectivity index (χ1n) is 15.0. The summed E-state index contributed by atoms with van der Waals surface area (Å²) in [4.78, 5) is 41.9. The van der Waals surface area contributed by atoms with Crippen LogP contribution in [0.15, 0.2) is 33.7 Å². The smallest absolute Gasteiger partial charge is 0.418 e. The fraction of sp³-hybridized carbons (Fsp3) is 0.536. The molecule has 1 aromatic carbocycles. The number of amides is 2. The van der Waals surface area contributed by atoms with Crippen molar-refractivity contribution in [3.05, 3.63) is 40.4 Å². The molecule has 3 heterocycles. The van der Waals surface area contributed by atoms with Gasteiger partial charge in [0.1, 0.15) is 24.1 Å². The third kappa shape index (κ3) is 8.28. The number of anilines is 1. The number of ether oxygens (including phenoxy) is 1. The Morgan fingerprint density at radius 1 is 1.21 bits per heavy atom. The van der Waals surface area contributed by atoms with E-state index in [1.165, 1.54) is 19.2 Å². The average Bonchev–Trinajstić information content (AvgIpc) is 3.46. The number of carbonyl (C=O) groups excluding carboxylic acids is 2. The molecule has 8 N–H and O–H groups in total. The molecule has 1 atom stereocenters. The molecule has 1 saturated carbocycles. The minimum atomic E-state index is -4.95. The number of oxime groups is 1. The molecule has 0 radical (unpaired) electrons. The summed E-state index contributed by atoms with van der Waals surface area (Å²) in [6.07, 6.45) is 4.66. The maximum Gasteiger partial charge on any atom is 0.418 e. The van der Waals surface area contributed by atoms with Crippen LogP contribution < -0.4 is 27.3 Å². The fourth-order valence-corrected chi connectivity index (χ4v) is 6.64. The molecule has 3 aliphatic rings. The molecular formula is C28H39N9O8S2. The van der Waals surface area contributed by atoms with E-state index >= 15 is 0 Å². The summed E-state index contributed by atoms with van der Waals surface area (Å²) in [5, 5.41) is 8.53. The molecule has 0 spiro atoms. The lowest BCUT2D eigenvalue weighted by Gasteiger charge is -2.50. The molecule has 1 aliphatic carbocycles.